The minimum Gasteiger partial charge on any atom is -0.371 e. The van der Waals surface area contributed by atoms with Crippen molar-refractivity contribution in [2.24, 2.45) is 0 Å². The maximum absolute atomic E-state index is 12.4. The predicted molar refractivity (Wildman–Crippen MR) is 105 cm³/mol. The van der Waals surface area contributed by atoms with Crippen LogP contribution in [-0.4, -0.2) is 32.0 Å². The minimum atomic E-state index is -3.57. The van der Waals surface area contributed by atoms with Crippen molar-refractivity contribution < 1.29 is 18.1 Å². The average molecular weight is 403 g/mol. The Hall–Kier alpha value is -2.94. The fourth-order valence-corrected chi connectivity index (χ4v) is 4.01. The number of hydrogen-bond donors (Lipinski definition) is 2. The van der Waals surface area contributed by atoms with Gasteiger partial charge in [-0.1, -0.05) is 24.3 Å². The number of sulfone groups is 1. The number of amides is 1. The van der Waals surface area contributed by atoms with Crippen molar-refractivity contribution in [3.8, 4) is 0 Å². The third kappa shape index (κ3) is 4.48. The normalized spacial score (nSPS) is 16.1. The lowest BCUT2D eigenvalue weighted by molar-refractivity contribution is -0.384. The SMILES string of the molecule is CS(=O)(=O)c1ccc(NCC(=O)N[C@@H]2CCCc3ccccc32)c([N+](=O)[O-])c1. The van der Waals surface area contributed by atoms with Crippen LogP contribution in [0.25, 0.3) is 0 Å². The fourth-order valence-electron chi connectivity index (χ4n) is 3.37. The highest BCUT2D eigenvalue weighted by atomic mass is 32.2. The topological polar surface area (TPSA) is 118 Å². The molecule has 0 unspecified atom stereocenters. The number of fused-ring (bicyclic) bond motifs is 1. The van der Waals surface area contributed by atoms with Gasteiger partial charge in [0.25, 0.3) is 5.69 Å². The first kappa shape index (κ1) is 19.8. The summed E-state index contributed by atoms with van der Waals surface area (Å²) in [5.74, 6) is -0.289. The summed E-state index contributed by atoms with van der Waals surface area (Å²) in [5, 5.41) is 17.0. The largest absolute Gasteiger partial charge is 0.371 e. The summed E-state index contributed by atoms with van der Waals surface area (Å²) in [7, 11) is -3.57. The van der Waals surface area contributed by atoms with E-state index in [1.807, 2.05) is 18.2 Å². The molecule has 9 heteroatoms. The van der Waals surface area contributed by atoms with Crippen LogP contribution in [0.5, 0.6) is 0 Å². The predicted octanol–water partition coefficient (Wildman–Crippen LogP) is 2.60. The Bertz CT molecular complexity index is 1020. The average Bonchev–Trinajstić information content (AvgIpc) is 2.65. The summed E-state index contributed by atoms with van der Waals surface area (Å²) in [6.45, 7) is -0.155. The van der Waals surface area contributed by atoms with Gasteiger partial charge in [0.15, 0.2) is 9.84 Å². The van der Waals surface area contributed by atoms with Gasteiger partial charge < -0.3 is 10.6 Å². The van der Waals surface area contributed by atoms with Crippen molar-refractivity contribution in [3.05, 3.63) is 63.7 Å². The van der Waals surface area contributed by atoms with Gasteiger partial charge in [-0.25, -0.2) is 8.42 Å². The highest BCUT2D eigenvalue weighted by Crippen LogP contribution is 2.30. The lowest BCUT2D eigenvalue weighted by atomic mass is 9.88. The number of benzene rings is 2. The van der Waals surface area contributed by atoms with Crippen LogP contribution in [0.15, 0.2) is 47.4 Å². The van der Waals surface area contributed by atoms with Gasteiger partial charge in [-0.3, -0.25) is 14.9 Å². The Kier molecular flexibility index (Phi) is 5.64. The van der Waals surface area contributed by atoms with Crippen LogP contribution in [0.3, 0.4) is 0 Å². The number of hydrogen-bond acceptors (Lipinski definition) is 6. The molecule has 1 amide bonds. The van der Waals surface area contributed by atoms with E-state index in [4.69, 9.17) is 0 Å². The molecule has 8 nitrogen and oxygen atoms in total. The standard InChI is InChI=1S/C19H21N3O5S/c1-28(26,27)14-9-10-17(18(11-14)22(24)25)20-12-19(23)21-16-8-4-6-13-5-2-3-7-15(13)16/h2-3,5,7,9-11,16,20H,4,6,8,12H2,1H3,(H,21,23)/t16-/m1/s1. The first-order valence-corrected chi connectivity index (χ1v) is 10.7. The number of anilines is 1. The second kappa shape index (κ2) is 7.97. The molecule has 1 atom stereocenters. The molecular formula is C19H21N3O5S. The number of rotatable bonds is 6. The second-order valence-electron chi connectivity index (χ2n) is 6.77. The molecule has 0 radical (unpaired) electrons. The van der Waals surface area contributed by atoms with Crippen LogP contribution in [-0.2, 0) is 21.1 Å². The van der Waals surface area contributed by atoms with E-state index in [9.17, 15) is 23.3 Å². The first-order chi connectivity index (χ1) is 13.3. The van der Waals surface area contributed by atoms with Gasteiger partial charge in [-0.15, -0.1) is 0 Å². The van der Waals surface area contributed by atoms with Gasteiger partial charge in [-0.2, -0.15) is 0 Å². The molecule has 0 bridgehead atoms. The number of carbonyl (C=O) groups excluding carboxylic acids is 1. The highest BCUT2D eigenvalue weighted by molar-refractivity contribution is 7.90. The number of nitrogens with zero attached hydrogens (tertiary/aromatic N) is 1. The van der Waals surface area contributed by atoms with Crippen molar-refractivity contribution in [2.75, 3.05) is 18.1 Å². The zero-order valence-corrected chi connectivity index (χ0v) is 16.2. The lowest BCUT2D eigenvalue weighted by Gasteiger charge is -2.26. The zero-order chi connectivity index (χ0) is 20.3. The van der Waals surface area contributed by atoms with Crippen LogP contribution in [0.4, 0.5) is 11.4 Å². The van der Waals surface area contributed by atoms with Gasteiger partial charge >= 0.3 is 0 Å². The summed E-state index contributed by atoms with van der Waals surface area (Å²) in [6.07, 6.45) is 3.79. The van der Waals surface area contributed by atoms with Gasteiger partial charge in [0.1, 0.15) is 5.69 Å². The Morgan fingerprint density at radius 2 is 2.00 bits per heavy atom. The monoisotopic (exact) mass is 403 g/mol. The molecule has 0 fully saturated rings. The van der Waals surface area contributed by atoms with Gasteiger partial charge in [-0.05, 0) is 42.5 Å². The Balaban J connectivity index is 1.69. The summed E-state index contributed by atoms with van der Waals surface area (Å²) in [5.41, 5.74) is 2.03. The van der Waals surface area contributed by atoms with Crippen LogP contribution in [0.1, 0.15) is 30.0 Å². The molecular weight excluding hydrogens is 382 g/mol. The second-order valence-corrected chi connectivity index (χ2v) is 8.79. The van der Waals surface area contributed by atoms with Crippen LogP contribution < -0.4 is 10.6 Å². The van der Waals surface area contributed by atoms with E-state index >= 15 is 0 Å². The molecule has 148 valence electrons. The quantitative estimate of drug-likeness (QED) is 0.565. The van der Waals surface area contributed by atoms with Crippen molar-refractivity contribution in [1.82, 2.24) is 5.32 Å². The van der Waals surface area contributed by atoms with E-state index in [0.29, 0.717) is 0 Å². The Labute approximate surface area is 163 Å². The van der Waals surface area contributed by atoms with Crippen molar-refractivity contribution in [3.63, 3.8) is 0 Å². The molecule has 28 heavy (non-hydrogen) atoms. The fraction of sp³-hybridized carbons (Fsp3) is 0.316. The van der Waals surface area contributed by atoms with E-state index < -0.39 is 20.4 Å². The van der Waals surface area contributed by atoms with Gasteiger partial charge in [0.2, 0.25) is 5.91 Å². The highest BCUT2D eigenvalue weighted by Gasteiger charge is 2.22. The third-order valence-electron chi connectivity index (χ3n) is 4.74. The van der Waals surface area contributed by atoms with E-state index in [1.165, 1.54) is 17.7 Å². The van der Waals surface area contributed by atoms with E-state index in [0.717, 1.165) is 37.1 Å². The van der Waals surface area contributed by atoms with Gasteiger partial charge in [0, 0.05) is 12.3 Å². The van der Waals surface area contributed by atoms with E-state index in [1.54, 1.807) is 0 Å². The van der Waals surface area contributed by atoms with Gasteiger partial charge in [0.05, 0.1) is 22.4 Å². The molecule has 0 aromatic heterocycles. The molecule has 0 saturated carbocycles. The molecule has 0 saturated heterocycles. The molecule has 1 aliphatic rings. The van der Waals surface area contributed by atoms with Crippen LogP contribution >= 0.6 is 0 Å². The van der Waals surface area contributed by atoms with Crippen molar-refractivity contribution in [2.45, 2.75) is 30.2 Å². The zero-order valence-electron chi connectivity index (χ0n) is 15.3. The molecule has 0 heterocycles. The third-order valence-corrected chi connectivity index (χ3v) is 5.85. The molecule has 2 aromatic carbocycles. The molecule has 3 rings (SSSR count). The Morgan fingerprint density at radius 1 is 1.25 bits per heavy atom. The van der Waals surface area contributed by atoms with Crippen LogP contribution in [0, 0.1) is 10.1 Å². The molecule has 1 aliphatic carbocycles. The Morgan fingerprint density at radius 3 is 2.71 bits per heavy atom. The van der Waals surface area contributed by atoms with Crippen molar-refractivity contribution >= 4 is 27.1 Å². The van der Waals surface area contributed by atoms with E-state index in [2.05, 4.69) is 16.7 Å². The van der Waals surface area contributed by atoms with Crippen molar-refractivity contribution in [1.29, 1.82) is 0 Å². The maximum Gasteiger partial charge on any atom is 0.293 e. The number of aryl methyl sites for hydroxylation is 1. The maximum atomic E-state index is 12.4. The molecule has 0 aliphatic heterocycles. The number of nitro groups is 1. The van der Waals surface area contributed by atoms with E-state index in [-0.39, 0.29) is 29.1 Å². The minimum absolute atomic E-state index is 0.0816. The van der Waals surface area contributed by atoms with Crippen LogP contribution in [0.2, 0.25) is 0 Å². The molecule has 2 N–H and O–H groups in total. The first-order valence-electron chi connectivity index (χ1n) is 8.85. The summed E-state index contributed by atoms with van der Waals surface area (Å²) < 4.78 is 23.2. The molecule has 2 aromatic rings. The summed E-state index contributed by atoms with van der Waals surface area (Å²) >= 11 is 0. The smallest absolute Gasteiger partial charge is 0.293 e. The number of nitro benzene ring substituents is 1. The number of carbonyl (C=O) groups is 1. The molecule has 0 spiro atoms. The summed E-state index contributed by atoms with van der Waals surface area (Å²) in [6, 6.07) is 11.5. The summed E-state index contributed by atoms with van der Waals surface area (Å²) in [4.78, 5) is 22.8. The lowest BCUT2D eigenvalue weighted by Crippen LogP contribution is -2.35. The number of nitrogens with one attached hydrogen (secondary N) is 2.